The van der Waals surface area contributed by atoms with Crippen molar-refractivity contribution >= 4 is 27.3 Å². The van der Waals surface area contributed by atoms with E-state index in [-0.39, 0.29) is 5.92 Å². The molecule has 1 N–H and O–H groups in total. The molecule has 1 heterocycles. The van der Waals surface area contributed by atoms with Crippen molar-refractivity contribution in [3.8, 4) is 11.5 Å². The topological polar surface area (TPSA) is 84.9 Å². The predicted molar refractivity (Wildman–Crippen MR) is 118 cm³/mol. The molecule has 0 radical (unpaired) electrons. The number of hydrogen-bond donors (Lipinski definition) is 1. The van der Waals surface area contributed by atoms with Gasteiger partial charge in [-0.1, -0.05) is 32.0 Å². The summed E-state index contributed by atoms with van der Waals surface area (Å²) in [5.74, 6) is 0.809. The van der Waals surface area contributed by atoms with E-state index in [0.717, 1.165) is 27.4 Å². The van der Waals surface area contributed by atoms with Crippen molar-refractivity contribution in [3.63, 3.8) is 0 Å². The van der Waals surface area contributed by atoms with Crippen LogP contribution in [0, 0.1) is 6.92 Å². The summed E-state index contributed by atoms with van der Waals surface area (Å²) in [6.07, 6.45) is 1.08. The quantitative estimate of drug-likeness (QED) is 0.753. The van der Waals surface area contributed by atoms with Crippen molar-refractivity contribution in [2.75, 3.05) is 29.1 Å². The summed E-state index contributed by atoms with van der Waals surface area (Å²) in [6, 6.07) is 9.72. The molecule has 162 valence electrons. The minimum absolute atomic E-state index is 0.208. The number of sulfonamides is 1. The first-order valence-electron chi connectivity index (χ1n) is 9.89. The summed E-state index contributed by atoms with van der Waals surface area (Å²) in [5, 5.41) is 2.94. The van der Waals surface area contributed by atoms with Crippen LogP contribution in [0.15, 0.2) is 36.4 Å². The van der Waals surface area contributed by atoms with Gasteiger partial charge in [0, 0.05) is 11.8 Å². The van der Waals surface area contributed by atoms with Gasteiger partial charge in [-0.15, -0.1) is 0 Å². The number of nitrogens with one attached hydrogen (secondary N) is 1. The normalized spacial score (nSPS) is 14.3. The van der Waals surface area contributed by atoms with Gasteiger partial charge in [0.2, 0.25) is 15.9 Å². The van der Waals surface area contributed by atoms with E-state index in [9.17, 15) is 13.2 Å². The molecule has 1 aliphatic rings. The van der Waals surface area contributed by atoms with Crippen molar-refractivity contribution in [3.05, 3.63) is 47.5 Å². The summed E-state index contributed by atoms with van der Waals surface area (Å²) in [5.41, 5.74) is 2.99. The number of para-hydroxylation sites is 1. The first kappa shape index (κ1) is 22.0. The van der Waals surface area contributed by atoms with Crippen LogP contribution in [-0.4, -0.2) is 39.8 Å². The lowest BCUT2D eigenvalue weighted by atomic mass is 9.98. The Morgan fingerprint density at radius 2 is 1.73 bits per heavy atom. The predicted octanol–water partition coefficient (Wildman–Crippen LogP) is 3.68. The van der Waals surface area contributed by atoms with E-state index in [4.69, 9.17) is 9.47 Å². The van der Waals surface area contributed by atoms with E-state index >= 15 is 0 Å². The van der Waals surface area contributed by atoms with Gasteiger partial charge in [0.15, 0.2) is 11.5 Å². The number of rotatable bonds is 6. The number of nitrogens with zero attached hydrogens (tertiary/aromatic N) is 1. The Balaban J connectivity index is 1.94. The molecule has 0 unspecified atom stereocenters. The highest BCUT2D eigenvalue weighted by atomic mass is 32.2. The smallest absolute Gasteiger partial charge is 0.248 e. The maximum atomic E-state index is 13.1. The molecule has 0 aliphatic carbocycles. The van der Waals surface area contributed by atoms with Gasteiger partial charge in [0.25, 0.3) is 0 Å². The van der Waals surface area contributed by atoms with Gasteiger partial charge in [-0.2, -0.15) is 0 Å². The molecule has 0 bridgehead atoms. The summed E-state index contributed by atoms with van der Waals surface area (Å²) in [4.78, 5) is 13.1. The van der Waals surface area contributed by atoms with Crippen LogP contribution in [-0.2, 0) is 14.8 Å². The van der Waals surface area contributed by atoms with Gasteiger partial charge in [0.1, 0.15) is 19.3 Å². The van der Waals surface area contributed by atoms with E-state index in [1.165, 1.54) is 0 Å². The molecule has 0 saturated heterocycles. The fourth-order valence-corrected chi connectivity index (χ4v) is 4.71. The number of benzene rings is 2. The van der Waals surface area contributed by atoms with Crippen LogP contribution in [0.3, 0.4) is 0 Å². The van der Waals surface area contributed by atoms with Crippen molar-refractivity contribution in [2.24, 2.45) is 0 Å². The molecule has 0 spiro atoms. The van der Waals surface area contributed by atoms with Gasteiger partial charge >= 0.3 is 0 Å². The molecule has 3 rings (SSSR count). The number of carbonyl (C=O) groups excluding carboxylic acids is 1. The maximum Gasteiger partial charge on any atom is 0.248 e. The number of fused-ring (bicyclic) bond motifs is 1. The molecule has 1 atom stereocenters. The Labute approximate surface area is 178 Å². The van der Waals surface area contributed by atoms with E-state index in [0.29, 0.717) is 30.4 Å². The Morgan fingerprint density at radius 1 is 1.07 bits per heavy atom. The highest BCUT2D eigenvalue weighted by Gasteiger charge is 2.31. The van der Waals surface area contributed by atoms with E-state index in [2.05, 4.69) is 5.32 Å². The minimum atomic E-state index is -3.74. The van der Waals surface area contributed by atoms with Gasteiger partial charge in [0.05, 0.1) is 11.9 Å². The molecular weight excluding hydrogens is 404 g/mol. The third kappa shape index (κ3) is 4.53. The number of ether oxygens (including phenoxy) is 2. The molecular formula is C22H28N2O5S. The van der Waals surface area contributed by atoms with Crippen LogP contribution < -0.4 is 19.1 Å². The number of amides is 1. The summed E-state index contributed by atoms with van der Waals surface area (Å²) < 4.78 is 37.4. The van der Waals surface area contributed by atoms with Crippen LogP contribution in [0.5, 0.6) is 11.5 Å². The molecule has 30 heavy (non-hydrogen) atoms. The number of anilines is 2. The number of aryl methyl sites for hydroxylation is 1. The van der Waals surface area contributed by atoms with Gasteiger partial charge in [-0.25, -0.2) is 8.42 Å². The average molecular weight is 433 g/mol. The second kappa shape index (κ2) is 8.55. The largest absolute Gasteiger partial charge is 0.486 e. The number of hydrogen-bond acceptors (Lipinski definition) is 5. The van der Waals surface area contributed by atoms with E-state index in [1.54, 1.807) is 25.1 Å². The van der Waals surface area contributed by atoms with Crippen LogP contribution in [0.25, 0.3) is 0 Å². The molecule has 0 fully saturated rings. The van der Waals surface area contributed by atoms with Crippen molar-refractivity contribution in [1.82, 2.24) is 0 Å². The van der Waals surface area contributed by atoms with Crippen LogP contribution in [0.4, 0.5) is 11.4 Å². The Hall–Kier alpha value is -2.74. The summed E-state index contributed by atoms with van der Waals surface area (Å²) in [7, 11) is -3.74. The second-order valence-electron chi connectivity index (χ2n) is 7.75. The van der Waals surface area contributed by atoms with Gasteiger partial charge < -0.3 is 14.8 Å². The highest BCUT2D eigenvalue weighted by Crippen LogP contribution is 2.35. The molecule has 2 aromatic carbocycles. The average Bonchev–Trinajstić information content (AvgIpc) is 2.68. The fraction of sp³-hybridized carbons (Fsp3) is 0.409. The second-order valence-corrected chi connectivity index (χ2v) is 9.61. The lowest BCUT2D eigenvalue weighted by molar-refractivity contribution is -0.116. The molecule has 7 nitrogen and oxygen atoms in total. The maximum absolute atomic E-state index is 13.1. The standard InChI is InChI=1S/C22H28N2O5S/c1-14(2)18-8-6-7-15(3)21(18)23-22(25)16(4)24(30(5,26)27)17-9-10-19-20(13-17)29-12-11-28-19/h6-10,13-14,16H,11-12H2,1-5H3,(H,23,25)/t16-/m0/s1. The van der Waals surface area contributed by atoms with Crippen LogP contribution in [0.2, 0.25) is 0 Å². The Morgan fingerprint density at radius 3 is 2.37 bits per heavy atom. The third-order valence-electron chi connectivity index (χ3n) is 5.04. The molecule has 8 heteroatoms. The SMILES string of the molecule is Cc1cccc(C(C)C)c1NC(=O)[C@H](C)N(c1ccc2c(c1)OCCO2)S(C)(=O)=O. The first-order valence-corrected chi connectivity index (χ1v) is 11.7. The molecule has 0 aromatic heterocycles. The zero-order valence-corrected chi connectivity index (χ0v) is 18.7. The van der Waals surface area contributed by atoms with Gasteiger partial charge in [-0.05, 0) is 43.0 Å². The summed E-state index contributed by atoms with van der Waals surface area (Å²) in [6.45, 7) is 8.41. The monoisotopic (exact) mass is 432 g/mol. The van der Waals surface area contributed by atoms with Crippen molar-refractivity contribution in [2.45, 2.75) is 39.7 Å². The molecule has 1 aliphatic heterocycles. The number of carbonyl (C=O) groups is 1. The molecule has 2 aromatic rings. The zero-order valence-electron chi connectivity index (χ0n) is 17.9. The first-order chi connectivity index (χ1) is 14.1. The van der Waals surface area contributed by atoms with Crippen LogP contribution in [0.1, 0.15) is 37.8 Å². The van der Waals surface area contributed by atoms with Crippen molar-refractivity contribution < 1.29 is 22.7 Å². The van der Waals surface area contributed by atoms with Crippen LogP contribution >= 0.6 is 0 Å². The highest BCUT2D eigenvalue weighted by molar-refractivity contribution is 7.92. The fourth-order valence-electron chi connectivity index (χ4n) is 3.55. The zero-order chi connectivity index (χ0) is 22.1. The Kier molecular flexibility index (Phi) is 6.26. The third-order valence-corrected chi connectivity index (χ3v) is 6.29. The summed E-state index contributed by atoms with van der Waals surface area (Å²) >= 11 is 0. The van der Waals surface area contributed by atoms with E-state index < -0.39 is 22.0 Å². The minimum Gasteiger partial charge on any atom is -0.486 e. The van der Waals surface area contributed by atoms with Gasteiger partial charge in [-0.3, -0.25) is 9.10 Å². The lowest BCUT2D eigenvalue weighted by Crippen LogP contribution is -2.45. The lowest BCUT2D eigenvalue weighted by Gasteiger charge is -2.30. The molecule has 1 amide bonds. The van der Waals surface area contributed by atoms with E-state index in [1.807, 2.05) is 39.0 Å². The molecule has 0 saturated carbocycles. The van der Waals surface area contributed by atoms with Crippen molar-refractivity contribution in [1.29, 1.82) is 0 Å². The Bertz CT molecular complexity index is 1050.